The number of hydrogen-bond donors (Lipinski definition) is 1. The van der Waals surface area contributed by atoms with Gasteiger partial charge >= 0.3 is 24.0 Å². The van der Waals surface area contributed by atoms with Crippen molar-refractivity contribution in [1.82, 2.24) is 29.6 Å². The van der Waals surface area contributed by atoms with E-state index in [2.05, 4.69) is 59.6 Å². The lowest BCUT2D eigenvalue weighted by molar-refractivity contribution is 0.0591. The number of esters is 2. The highest BCUT2D eigenvalue weighted by molar-refractivity contribution is 9.08. The number of methoxy groups -OCH3 is 2. The van der Waals surface area contributed by atoms with Crippen molar-refractivity contribution in [2.75, 3.05) is 89.9 Å². The summed E-state index contributed by atoms with van der Waals surface area (Å²) in [5, 5.41) is 3.60. The minimum absolute atomic E-state index is 0.00644. The van der Waals surface area contributed by atoms with E-state index in [9.17, 15) is 19.2 Å². The van der Waals surface area contributed by atoms with E-state index in [1.54, 1.807) is 29.2 Å². The van der Waals surface area contributed by atoms with E-state index < -0.39 is 5.97 Å². The van der Waals surface area contributed by atoms with Crippen LogP contribution in [-0.4, -0.2) is 133 Å². The van der Waals surface area contributed by atoms with Crippen molar-refractivity contribution >= 4 is 51.3 Å². The first-order valence-electron chi connectivity index (χ1n) is 19.0. The van der Waals surface area contributed by atoms with E-state index in [-0.39, 0.29) is 18.0 Å². The molecule has 1 N–H and O–H groups in total. The predicted molar refractivity (Wildman–Crippen MR) is 225 cm³/mol. The summed E-state index contributed by atoms with van der Waals surface area (Å²) < 4.78 is 9.23. The van der Waals surface area contributed by atoms with Gasteiger partial charge in [-0.2, -0.15) is 0 Å². The first kappa shape index (κ1) is 44.3. The Labute approximate surface area is 343 Å². The van der Waals surface area contributed by atoms with Gasteiger partial charge in [-0.05, 0) is 61.6 Å². The van der Waals surface area contributed by atoms with Crippen molar-refractivity contribution in [3.05, 3.63) is 120 Å². The van der Waals surface area contributed by atoms with E-state index in [1.807, 2.05) is 70.5 Å². The van der Waals surface area contributed by atoms with Gasteiger partial charge in [-0.1, -0.05) is 66.2 Å². The third-order valence-corrected chi connectivity index (χ3v) is 10.0. The fraction of sp³-hybridized carbons (Fsp3) is 0.381. The number of halogens is 1. The highest BCUT2D eigenvalue weighted by Crippen LogP contribution is 2.20. The number of anilines is 2. The first-order valence-corrected chi connectivity index (χ1v) is 20.1. The number of amides is 4. The Bertz CT molecular complexity index is 1820. The maximum Gasteiger partial charge on any atom is 0.339 e. The van der Waals surface area contributed by atoms with Gasteiger partial charge in [-0.3, -0.25) is 14.9 Å². The molecule has 14 nitrogen and oxygen atoms in total. The highest BCUT2D eigenvalue weighted by Gasteiger charge is 2.26. The Morgan fingerprint density at radius 3 is 1.56 bits per heavy atom. The number of para-hydroxylation sites is 2. The normalized spacial score (nSPS) is 14.2. The lowest BCUT2D eigenvalue weighted by atomic mass is 10.2. The van der Waals surface area contributed by atoms with Gasteiger partial charge in [0, 0.05) is 81.5 Å². The van der Waals surface area contributed by atoms with Gasteiger partial charge in [-0.15, -0.1) is 0 Å². The second kappa shape index (κ2) is 23.6. The van der Waals surface area contributed by atoms with Crippen molar-refractivity contribution < 1.29 is 28.7 Å². The van der Waals surface area contributed by atoms with Crippen LogP contribution in [0.5, 0.6) is 0 Å². The summed E-state index contributed by atoms with van der Waals surface area (Å²) in [6.07, 6.45) is 2.98. The van der Waals surface area contributed by atoms with Crippen LogP contribution in [0, 0.1) is 0 Å². The van der Waals surface area contributed by atoms with Gasteiger partial charge < -0.3 is 34.4 Å². The molecular weight excluding hydrogens is 792 g/mol. The molecule has 0 bridgehead atoms. The number of carbonyl (C=O) groups is 4. The summed E-state index contributed by atoms with van der Waals surface area (Å²) in [5.41, 5.74) is 4.14. The Hall–Kier alpha value is -5.38. The number of rotatable bonds is 9. The van der Waals surface area contributed by atoms with Crippen molar-refractivity contribution in [3.63, 3.8) is 0 Å². The number of benzene rings is 2. The van der Waals surface area contributed by atoms with E-state index in [0.29, 0.717) is 41.8 Å². The van der Waals surface area contributed by atoms with Gasteiger partial charge in [-0.25, -0.2) is 19.2 Å². The highest BCUT2D eigenvalue weighted by atomic mass is 79.9. The summed E-state index contributed by atoms with van der Waals surface area (Å²) in [7, 11) is 2.69. The van der Waals surface area contributed by atoms with Crippen molar-refractivity contribution in [2.24, 2.45) is 0 Å². The monoisotopic (exact) mass is 844 g/mol. The second-order valence-corrected chi connectivity index (χ2v) is 13.6. The number of hydrogen-bond acceptors (Lipinski definition) is 10. The SMILES string of the molecule is CCN1CCN(C(=O)N(Cc2ccc(C(=O)OC)cn2)c2ccccc2)CC1.CCN1CCN(C(=O)Nc2ccccc2)CC1.COC(=O)c1ccc(CBr)nc1. The van der Waals surface area contributed by atoms with Gasteiger partial charge in [0.05, 0.1) is 43.3 Å². The third kappa shape index (κ3) is 13.9. The van der Waals surface area contributed by atoms with Crippen LogP contribution in [0.4, 0.5) is 21.0 Å². The smallest absolute Gasteiger partial charge is 0.339 e. The molecule has 304 valence electrons. The molecular formula is C42H53BrN8O6. The topological polar surface area (TPSA) is 141 Å². The molecule has 2 fully saturated rings. The van der Waals surface area contributed by atoms with E-state index in [0.717, 1.165) is 69.4 Å². The molecule has 2 aliphatic rings. The number of nitrogens with one attached hydrogen (secondary N) is 1. The molecule has 2 saturated heterocycles. The molecule has 15 heteroatoms. The van der Waals surface area contributed by atoms with Crippen molar-refractivity contribution in [2.45, 2.75) is 25.7 Å². The number of piperazine rings is 2. The predicted octanol–water partition coefficient (Wildman–Crippen LogP) is 6.25. The minimum Gasteiger partial charge on any atom is -0.465 e. The van der Waals surface area contributed by atoms with E-state index in [4.69, 9.17) is 4.74 Å². The lowest BCUT2D eigenvalue weighted by Gasteiger charge is -2.37. The fourth-order valence-electron chi connectivity index (χ4n) is 5.96. The molecule has 0 saturated carbocycles. The van der Waals surface area contributed by atoms with Crippen LogP contribution in [0.2, 0.25) is 0 Å². The average molecular weight is 846 g/mol. The van der Waals surface area contributed by atoms with Crippen LogP contribution >= 0.6 is 15.9 Å². The third-order valence-electron chi connectivity index (χ3n) is 9.47. The van der Waals surface area contributed by atoms with E-state index >= 15 is 0 Å². The summed E-state index contributed by atoms with van der Waals surface area (Å²) in [6.45, 7) is 13.4. The molecule has 0 atom stereocenters. The second-order valence-electron chi connectivity index (χ2n) is 13.0. The fourth-order valence-corrected chi connectivity index (χ4v) is 6.29. The molecule has 2 aromatic carbocycles. The maximum absolute atomic E-state index is 13.3. The van der Waals surface area contributed by atoms with Crippen LogP contribution in [0.25, 0.3) is 0 Å². The number of likely N-dealkylation sites (N-methyl/N-ethyl adjacent to an activating group) is 2. The molecule has 4 heterocycles. The minimum atomic E-state index is -0.427. The van der Waals surface area contributed by atoms with Crippen molar-refractivity contribution in [1.29, 1.82) is 0 Å². The summed E-state index contributed by atoms with van der Waals surface area (Å²) in [4.78, 5) is 66.3. The Morgan fingerprint density at radius 1 is 0.649 bits per heavy atom. The number of alkyl halides is 1. The number of ether oxygens (including phenoxy) is 2. The Kier molecular flexibility index (Phi) is 18.4. The Morgan fingerprint density at radius 2 is 1.12 bits per heavy atom. The molecule has 4 amide bonds. The first-order chi connectivity index (χ1) is 27.7. The largest absolute Gasteiger partial charge is 0.465 e. The molecule has 6 rings (SSSR count). The van der Waals surface area contributed by atoms with Gasteiger partial charge in [0.2, 0.25) is 0 Å². The van der Waals surface area contributed by atoms with Gasteiger partial charge in [0.25, 0.3) is 0 Å². The lowest BCUT2D eigenvalue weighted by Crippen LogP contribution is -2.52. The summed E-state index contributed by atoms with van der Waals surface area (Å²) in [6, 6.07) is 26.1. The van der Waals surface area contributed by atoms with Crippen molar-refractivity contribution in [3.8, 4) is 0 Å². The molecule has 2 aromatic heterocycles. The standard InChI is InChI=1S/C21H26N4O3.C13H19N3O.C8H8BrNO2/c1-3-23-11-13-24(14-12-23)21(27)25(19-7-5-4-6-8-19)16-18-10-9-17(15-22-18)20(26)28-2;1-2-15-8-10-16(11-9-15)13(17)14-12-6-4-3-5-7-12;1-12-8(11)6-2-3-7(4-9)10-5-6/h4-10,15H,3,11-14,16H2,1-2H3;3-7H,2,8-11H2,1H3,(H,14,17);2-3,5H,4H2,1H3. The summed E-state index contributed by atoms with van der Waals surface area (Å²) in [5.74, 6) is -0.785. The van der Waals surface area contributed by atoms with Crippen LogP contribution in [0.3, 0.4) is 0 Å². The zero-order valence-corrected chi connectivity index (χ0v) is 34.8. The maximum atomic E-state index is 13.3. The molecule has 0 spiro atoms. The number of pyridine rings is 2. The molecule has 0 unspecified atom stereocenters. The van der Waals surface area contributed by atoms with Crippen LogP contribution in [-0.2, 0) is 21.3 Å². The molecule has 2 aliphatic heterocycles. The summed E-state index contributed by atoms with van der Waals surface area (Å²) >= 11 is 3.26. The number of aromatic nitrogens is 2. The van der Waals surface area contributed by atoms with Crippen LogP contribution in [0.15, 0.2) is 97.3 Å². The number of nitrogens with zero attached hydrogens (tertiary/aromatic N) is 7. The average Bonchev–Trinajstić information content (AvgIpc) is 3.28. The number of carbonyl (C=O) groups excluding carboxylic acids is 4. The zero-order valence-electron chi connectivity index (χ0n) is 33.2. The van der Waals surface area contributed by atoms with Gasteiger partial charge in [0.15, 0.2) is 0 Å². The van der Waals surface area contributed by atoms with Gasteiger partial charge in [0.1, 0.15) is 0 Å². The Balaban J connectivity index is 0.000000210. The van der Waals surface area contributed by atoms with Crippen LogP contribution < -0.4 is 10.2 Å². The molecule has 57 heavy (non-hydrogen) atoms. The molecule has 0 radical (unpaired) electrons. The van der Waals surface area contributed by atoms with E-state index in [1.165, 1.54) is 26.6 Å². The van der Waals surface area contributed by atoms with Crippen LogP contribution in [0.1, 0.15) is 46.0 Å². The molecule has 4 aromatic rings. The zero-order chi connectivity index (χ0) is 41.0. The molecule has 0 aliphatic carbocycles. The number of urea groups is 2. The quantitative estimate of drug-likeness (QED) is 0.152.